The highest BCUT2D eigenvalue weighted by Crippen LogP contribution is 2.49. The SMILES string of the molecule is c1ccc2c(c1)-c1cccc3c1B(N2c1cccc2oc4ccccc4c12)n1c2ccccc2c2cccc-3c21. The van der Waals surface area contributed by atoms with Crippen LogP contribution >= 0.6 is 0 Å². The van der Waals surface area contributed by atoms with E-state index in [0.717, 1.165) is 27.6 Å². The molecule has 0 radical (unpaired) electrons. The maximum atomic E-state index is 6.38. The lowest BCUT2D eigenvalue weighted by Crippen LogP contribution is -2.56. The number of benzene rings is 6. The van der Waals surface area contributed by atoms with Crippen LogP contribution in [0.4, 0.5) is 11.4 Å². The van der Waals surface area contributed by atoms with E-state index in [1.54, 1.807) is 0 Å². The van der Waals surface area contributed by atoms with Gasteiger partial charge in [-0.3, -0.25) is 0 Å². The summed E-state index contributed by atoms with van der Waals surface area (Å²) in [6, 6.07) is 46.2. The summed E-state index contributed by atoms with van der Waals surface area (Å²) in [6.07, 6.45) is 0. The summed E-state index contributed by atoms with van der Waals surface area (Å²) >= 11 is 0. The molecule has 6 aromatic carbocycles. The molecule has 3 nitrogen and oxygen atoms in total. The molecular weight excluding hydrogens is 487 g/mol. The van der Waals surface area contributed by atoms with Gasteiger partial charge in [0.15, 0.2) is 0 Å². The van der Waals surface area contributed by atoms with Gasteiger partial charge in [0.2, 0.25) is 0 Å². The molecule has 4 heterocycles. The lowest BCUT2D eigenvalue weighted by Gasteiger charge is -2.42. The van der Waals surface area contributed by atoms with Crippen LogP contribution in [0.1, 0.15) is 0 Å². The van der Waals surface area contributed by atoms with Gasteiger partial charge in [0, 0.05) is 49.7 Å². The van der Waals surface area contributed by atoms with E-state index < -0.39 is 0 Å². The van der Waals surface area contributed by atoms with Crippen molar-refractivity contribution < 1.29 is 4.42 Å². The summed E-state index contributed by atoms with van der Waals surface area (Å²) in [5.41, 5.74) is 13.3. The van der Waals surface area contributed by atoms with E-state index in [9.17, 15) is 0 Å². The van der Waals surface area contributed by atoms with Gasteiger partial charge in [-0.05, 0) is 46.9 Å². The summed E-state index contributed by atoms with van der Waals surface area (Å²) in [5, 5.41) is 4.89. The number of anilines is 2. The Morgan fingerprint density at radius 2 is 1.10 bits per heavy atom. The fourth-order valence-electron chi connectivity index (χ4n) is 7.47. The van der Waals surface area contributed by atoms with Crippen LogP contribution in [-0.2, 0) is 0 Å². The molecule has 0 atom stereocenters. The maximum absolute atomic E-state index is 6.38. The number of furan rings is 1. The van der Waals surface area contributed by atoms with E-state index in [2.05, 4.69) is 131 Å². The fourth-order valence-corrected chi connectivity index (χ4v) is 7.47. The van der Waals surface area contributed by atoms with E-state index in [-0.39, 0.29) is 6.98 Å². The molecular formula is C36H21BN2O. The van der Waals surface area contributed by atoms with E-state index >= 15 is 0 Å². The molecule has 0 amide bonds. The molecule has 0 N–H and O–H groups in total. The largest absolute Gasteiger partial charge is 0.456 e. The molecule has 184 valence electrons. The van der Waals surface area contributed by atoms with Crippen LogP contribution in [0.3, 0.4) is 0 Å². The Labute approximate surface area is 230 Å². The zero-order valence-corrected chi connectivity index (χ0v) is 21.5. The fraction of sp³-hybridized carbons (Fsp3) is 0. The topological polar surface area (TPSA) is 21.3 Å². The average Bonchev–Trinajstić information content (AvgIpc) is 3.56. The highest BCUT2D eigenvalue weighted by atomic mass is 16.3. The number of nitrogens with zero attached hydrogens (tertiary/aromatic N) is 2. The van der Waals surface area contributed by atoms with Crippen molar-refractivity contribution >= 4 is 67.6 Å². The van der Waals surface area contributed by atoms with Crippen molar-refractivity contribution in [2.75, 3.05) is 4.81 Å². The Morgan fingerprint density at radius 1 is 0.475 bits per heavy atom. The lowest BCUT2D eigenvalue weighted by molar-refractivity contribution is 0.669. The molecule has 0 saturated carbocycles. The van der Waals surface area contributed by atoms with Crippen molar-refractivity contribution in [1.82, 2.24) is 4.48 Å². The maximum Gasteiger partial charge on any atom is 0.422 e. The first kappa shape index (κ1) is 20.7. The third-order valence-corrected chi connectivity index (χ3v) is 8.97. The van der Waals surface area contributed by atoms with Gasteiger partial charge in [-0.1, -0.05) is 97.1 Å². The first-order chi connectivity index (χ1) is 19.9. The van der Waals surface area contributed by atoms with Crippen LogP contribution in [0.5, 0.6) is 0 Å². The summed E-state index contributed by atoms with van der Waals surface area (Å²) in [6.45, 7) is -0.0577. The minimum atomic E-state index is -0.0577. The van der Waals surface area contributed by atoms with Gasteiger partial charge < -0.3 is 13.7 Å². The van der Waals surface area contributed by atoms with E-state index in [1.807, 2.05) is 6.07 Å². The van der Waals surface area contributed by atoms with Crippen LogP contribution in [-0.4, -0.2) is 11.5 Å². The third kappa shape index (κ3) is 2.39. The summed E-state index contributed by atoms with van der Waals surface area (Å²) in [5.74, 6) is 0. The van der Waals surface area contributed by atoms with Gasteiger partial charge in [0.1, 0.15) is 11.2 Å². The van der Waals surface area contributed by atoms with E-state index in [1.165, 1.54) is 55.2 Å². The van der Waals surface area contributed by atoms with E-state index in [0.29, 0.717) is 0 Å². The van der Waals surface area contributed by atoms with Gasteiger partial charge in [-0.15, -0.1) is 0 Å². The van der Waals surface area contributed by atoms with Crippen LogP contribution in [0.2, 0.25) is 0 Å². The van der Waals surface area contributed by atoms with E-state index in [4.69, 9.17) is 4.42 Å². The first-order valence-corrected chi connectivity index (χ1v) is 13.8. The van der Waals surface area contributed by atoms with Gasteiger partial charge in [-0.25, -0.2) is 0 Å². The highest BCUT2D eigenvalue weighted by molar-refractivity contribution is 6.83. The molecule has 4 heteroatoms. The van der Waals surface area contributed by atoms with Crippen molar-refractivity contribution in [2.45, 2.75) is 0 Å². The standard InChI is InChI=1S/C36H21BN2O/c1-4-17-29-22(10-1)24-13-7-14-25-27-16-8-15-26-23-11-2-5-18-30(23)39(36(26)27)37(35(24)25)38(29)31-19-9-21-33-34(31)28-12-3-6-20-32(28)40-33/h1-21H. The monoisotopic (exact) mass is 508 g/mol. The zero-order valence-electron chi connectivity index (χ0n) is 21.5. The molecule has 2 aliphatic rings. The van der Waals surface area contributed by atoms with Crippen molar-refractivity contribution in [2.24, 2.45) is 0 Å². The van der Waals surface area contributed by atoms with Crippen LogP contribution in [0.15, 0.2) is 132 Å². The van der Waals surface area contributed by atoms with Crippen molar-refractivity contribution in [3.05, 3.63) is 127 Å². The lowest BCUT2D eigenvalue weighted by atomic mass is 9.55. The predicted octanol–water partition coefficient (Wildman–Crippen LogP) is 8.74. The normalized spacial score (nSPS) is 13.4. The second-order valence-corrected chi connectivity index (χ2v) is 10.9. The average molecular weight is 508 g/mol. The summed E-state index contributed by atoms with van der Waals surface area (Å²) in [7, 11) is 0. The number of para-hydroxylation sites is 4. The Kier molecular flexibility index (Phi) is 3.75. The van der Waals surface area contributed by atoms with Gasteiger partial charge in [0.05, 0.1) is 5.39 Å². The zero-order chi connectivity index (χ0) is 25.9. The number of aromatic nitrogens is 1. The molecule has 0 spiro atoms. The molecule has 8 aromatic rings. The molecule has 40 heavy (non-hydrogen) atoms. The first-order valence-electron chi connectivity index (χ1n) is 13.8. The molecule has 0 saturated heterocycles. The molecule has 0 unspecified atom stereocenters. The van der Waals surface area contributed by atoms with Crippen LogP contribution in [0.25, 0.3) is 66.0 Å². The Hall–Kier alpha value is -5.22. The molecule has 2 aliphatic heterocycles. The molecule has 10 rings (SSSR count). The quantitative estimate of drug-likeness (QED) is 0.207. The van der Waals surface area contributed by atoms with Gasteiger partial charge >= 0.3 is 6.98 Å². The minimum absolute atomic E-state index is 0.0577. The minimum Gasteiger partial charge on any atom is -0.456 e. The Balaban J connectivity index is 1.43. The van der Waals surface area contributed by atoms with Crippen molar-refractivity contribution in [3.63, 3.8) is 0 Å². The highest BCUT2D eigenvalue weighted by Gasteiger charge is 2.44. The molecule has 2 aromatic heterocycles. The van der Waals surface area contributed by atoms with Crippen molar-refractivity contribution in [3.8, 4) is 22.3 Å². The van der Waals surface area contributed by atoms with Crippen molar-refractivity contribution in [1.29, 1.82) is 0 Å². The number of fused-ring (bicyclic) bond motifs is 10. The molecule has 0 aliphatic carbocycles. The number of rotatable bonds is 1. The number of hydrogen-bond donors (Lipinski definition) is 0. The van der Waals surface area contributed by atoms with Crippen LogP contribution < -0.4 is 10.3 Å². The molecule has 0 fully saturated rings. The smallest absolute Gasteiger partial charge is 0.422 e. The van der Waals surface area contributed by atoms with Gasteiger partial charge in [-0.2, -0.15) is 0 Å². The van der Waals surface area contributed by atoms with Gasteiger partial charge in [0.25, 0.3) is 0 Å². The summed E-state index contributed by atoms with van der Waals surface area (Å²) < 4.78 is 8.97. The van der Waals surface area contributed by atoms with Crippen LogP contribution in [0, 0.1) is 0 Å². The Morgan fingerprint density at radius 3 is 2.05 bits per heavy atom. The summed E-state index contributed by atoms with van der Waals surface area (Å²) in [4.78, 5) is 2.56. The molecule has 0 bridgehead atoms. The predicted molar refractivity (Wildman–Crippen MR) is 167 cm³/mol. The Bertz CT molecular complexity index is 2360. The second-order valence-electron chi connectivity index (χ2n) is 10.9. The number of hydrogen-bond acceptors (Lipinski definition) is 2. The third-order valence-electron chi connectivity index (χ3n) is 8.97. The second kappa shape index (κ2) is 7.25.